The molecule has 2 fully saturated rings. The van der Waals surface area contributed by atoms with Crippen LogP contribution in [0.25, 0.3) is 0 Å². The van der Waals surface area contributed by atoms with Gasteiger partial charge in [0.25, 0.3) is 0 Å². The third-order valence-corrected chi connectivity index (χ3v) is 14.7. The molecule has 53 heavy (non-hydrogen) atoms. The number of unbranched alkanes of at least 4 members (excludes halogenated alkanes) is 1. The predicted molar refractivity (Wildman–Crippen MR) is 220 cm³/mol. The van der Waals surface area contributed by atoms with Crippen molar-refractivity contribution >= 4 is 11.9 Å². The first-order valence-corrected chi connectivity index (χ1v) is 21.3. The van der Waals surface area contributed by atoms with E-state index in [1.54, 1.807) is 0 Å². The van der Waals surface area contributed by atoms with Crippen molar-refractivity contribution in [3.05, 3.63) is 28.8 Å². The van der Waals surface area contributed by atoms with E-state index in [9.17, 15) is 5.11 Å². The van der Waals surface area contributed by atoms with Gasteiger partial charge in [0.15, 0.2) is 5.41 Å². The number of aromatic hydroxyl groups is 1. The van der Waals surface area contributed by atoms with Crippen LogP contribution in [0.3, 0.4) is 0 Å². The van der Waals surface area contributed by atoms with Crippen LogP contribution < -0.4 is 5.32 Å². The van der Waals surface area contributed by atoms with E-state index in [0.717, 1.165) is 61.6 Å². The van der Waals surface area contributed by atoms with Gasteiger partial charge in [0.2, 0.25) is 0 Å². The highest BCUT2D eigenvalue weighted by atomic mass is 16.6. The molecule has 2 aliphatic rings. The van der Waals surface area contributed by atoms with Gasteiger partial charge in [-0.1, -0.05) is 142 Å². The lowest BCUT2D eigenvalue weighted by Crippen LogP contribution is -2.66. The summed E-state index contributed by atoms with van der Waals surface area (Å²) in [5, 5.41) is 15.6. The summed E-state index contributed by atoms with van der Waals surface area (Å²) < 4.78 is 13.6. The van der Waals surface area contributed by atoms with Crippen LogP contribution in [0.4, 0.5) is 0 Å². The molecule has 0 spiro atoms. The molecule has 6 nitrogen and oxygen atoms in total. The predicted octanol–water partition coefficient (Wildman–Crippen LogP) is 11.8. The fourth-order valence-corrected chi connectivity index (χ4v) is 9.64. The smallest absolute Gasteiger partial charge is 0.324 e. The molecule has 304 valence electrons. The highest BCUT2D eigenvalue weighted by Gasteiger charge is 2.55. The lowest BCUT2D eigenvalue weighted by molar-refractivity contribution is -0.191. The topological polar surface area (TPSA) is 84.9 Å². The zero-order valence-corrected chi connectivity index (χ0v) is 37.3. The summed E-state index contributed by atoms with van der Waals surface area (Å²) in [4.78, 5) is 30.7. The largest absolute Gasteiger partial charge is 0.507 e. The Labute approximate surface area is 325 Å². The molecule has 1 heterocycles. The molecule has 0 radical (unpaired) electrons. The zero-order valence-electron chi connectivity index (χ0n) is 37.3. The van der Waals surface area contributed by atoms with Gasteiger partial charge in [-0.25, -0.2) is 0 Å². The third kappa shape index (κ3) is 9.49. The van der Waals surface area contributed by atoms with Gasteiger partial charge in [-0.05, 0) is 96.6 Å². The van der Waals surface area contributed by atoms with Crippen molar-refractivity contribution in [3.63, 3.8) is 0 Å². The second-order valence-corrected chi connectivity index (χ2v) is 20.9. The van der Waals surface area contributed by atoms with E-state index in [1.165, 1.54) is 0 Å². The molecule has 6 heteroatoms. The van der Waals surface area contributed by atoms with Gasteiger partial charge in [-0.2, -0.15) is 0 Å². The van der Waals surface area contributed by atoms with Gasteiger partial charge in [0.1, 0.15) is 18.0 Å². The first-order chi connectivity index (χ1) is 24.2. The van der Waals surface area contributed by atoms with Crippen LogP contribution in [0.15, 0.2) is 12.1 Å². The minimum Gasteiger partial charge on any atom is -0.507 e. The number of hydrogen-bond acceptors (Lipinski definition) is 6. The van der Waals surface area contributed by atoms with Gasteiger partial charge in [-0.15, -0.1) is 0 Å². The summed E-state index contributed by atoms with van der Waals surface area (Å²) in [6, 6.07) is 4.04. The van der Waals surface area contributed by atoms with Crippen molar-refractivity contribution in [3.8, 4) is 5.75 Å². The van der Waals surface area contributed by atoms with Crippen LogP contribution >= 0.6 is 0 Å². The Morgan fingerprint density at radius 3 is 1.70 bits per heavy atom. The molecule has 9 atom stereocenters. The van der Waals surface area contributed by atoms with Crippen LogP contribution in [-0.4, -0.2) is 40.3 Å². The highest BCUT2D eigenvalue weighted by molar-refractivity contribution is 6.00. The van der Waals surface area contributed by atoms with Crippen LogP contribution in [0.1, 0.15) is 199 Å². The molecular weight excluding hydrogens is 659 g/mol. The fraction of sp³-hybridized carbons (Fsp3) is 0.830. The summed E-state index contributed by atoms with van der Waals surface area (Å²) in [5.74, 6) is -0.446. The summed E-state index contributed by atoms with van der Waals surface area (Å²) >= 11 is 0. The monoisotopic (exact) mass is 740 g/mol. The van der Waals surface area contributed by atoms with Gasteiger partial charge < -0.3 is 19.9 Å². The standard InChI is InChI=1S/C47H81NO5/c1-18-23-24-47(27-33-25-34(41(8,9)10)38(49)35(26-33)42(11,12)13,39(50)52-36-28-43(14,19-2)30-44(15,20-3)31(36)6)40(51)53-37-29-45(16,21-4)48-46(17,22-5)32(37)7/h25-26,31-32,36-37,48-49H,18-24,27-30H2,1-17H3. The second kappa shape index (κ2) is 16.2. The first-order valence-electron chi connectivity index (χ1n) is 21.3. The van der Waals surface area contributed by atoms with Crippen molar-refractivity contribution in [2.45, 2.75) is 222 Å². The van der Waals surface area contributed by atoms with Crippen LogP contribution in [0, 0.1) is 28.1 Å². The third-order valence-electron chi connectivity index (χ3n) is 14.7. The lowest BCUT2D eigenvalue weighted by atomic mass is 9.56. The summed E-state index contributed by atoms with van der Waals surface area (Å²) in [6.45, 7) is 37.1. The quantitative estimate of drug-likeness (QED) is 0.155. The number of ether oxygens (including phenoxy) is 2. The molecule has 9 unspecified atom stereocenters. The van der Waals surface area contributed by atoms with Gasteiger partial charge >= 0.3 is 11.9 Å². The van der Waals surface area contributed by atoms with Crippen LogP contribution in [-0.2, 0) is 36.3 Å². The lowest BCUT2D eigenvalue weighted by Gasteiger charge is -2.53. The Balaban J connectivity index is 2.28. The Morgan fingerprint density at radius 2 is 1.28 bits per heavy atom. The fourth-order valence-electron chi connectivity index (χ4n) is 9.64. The number of carbonyl (C=O) groups is 2. The van der Waals surface area contributed by atoms with Crippen molar-refractivity contribution in [1.82, 2.24) is 5.32 Å². The summed E-state index contributed by atoms with van der Waals surface area (Å²) in [6.07, 6.45) is 7.68. The maximum Gasteiger partial charge on any atom is 0.324 e. The van der Waals surface area contributed by atoms with E-state index in [0.29, 0.717) is 19.3 Å². The SMILES string of the molecule is CCCCC(Cc1cc(C(C)(C)C)c(O)c(C(C)(C)C)c1)(C(=O)OC1CC(C)(CC)CC(C)(CC)C1C)C(=O)OC1CC(C)(CC)NC(C)(CC)C1C. The van der Waals surface area contributed by atoms with E-state index < -0.39 is 17.4 Å². The first kappa shape index (κ1) is 45.3. The minimum absolute atomic E-state index is 0.0144. The minimum atomic E-state index is -1.55. The normalized spacial score (nSPS) is 33.6. The number of nitrogens with one attached hydrogen (secondary N) is 1. The number of rotatable bonds is 13. The summed E-state index contributed by atoms with van der Waals surface area (Å²) in [5.41, 5.74) is -0.173. The average Bonchev–Trinajstić information content (AvgIpc) is 3.07. The number of esters is 2. The Kier molecular flexibility index (Phi) is 13.8. The molecule has 0 bridgehead atoms. The van der Waals surface area contributed by atoms with Crippen LogP contribution in [0.5, 0.6) is 5.75 Å². The average molecular weight is 740 g/mol. The molecule has 1 aromatic rings. The van der Waals surface area contributed by atoms with Crippen molar-refractivity contribution in [2.24, 2.45) is 28.1 Å². The van der Waals surface area contributed by atoms with Gasteiger partial charge in [-0.3, -0.25) is 9.59 Å². The number of piperidine rings is 1. The van der Waals surface area contributed by atoms with E-state index in [-0.39, 0.29) is 69.0 Å². The molecule has 1 saturated carbocycles. The number of phenolic OH excluding ortho intramolecular Hbond substituents is 1. The molecule has 1 aliphatic carbocycles. The number of hydrogen-bond donors (Lipinski definition) is 2. The summed E-state index contributed by atoms with van der Waals surface area (Å²) in [7, 11) is 0. The Morgan fingerprint density at radius 1 is 0.774 bits per heavy atom. The molecule has 0 aromatic heterocycles. The molecule has 2 N–H and O–H groups in total. The van der Waals surface area contributed by atoms with Crippen molar-refractivity contribution < 1.29 is 24.2 Å². The van der Waals surface area contributed by atoms with Crippen molar-refractivity contribution in [1.29, 1.82) is 0 Å². The van der Waals surface area contributed by atoms with Gasteiger partial charge in [0.05, 0.1) is 0 Å². The second-order valence-electron chi connectivity index (χ2n) is 20.9. The van der Waals surface area contributed by atoms with Gasteiger partial charge in [0, 0.05) is 23.4 Å². The van der Waals surface area contributed by atoms with E-state index in [4.69, 9.17) is 9.47 Å². The number of phenols is 1. The molecular formula is C47H81NO5. The van der Waals surface area contributed by atoms with E-state index >= 15 is 9.59 Å². The molecule has 0 amide bonds. The number of benzene rings is 1. The van der Waals surface area contributed by atoms with E-state index in [1.807, 2.05) is 12.1 Å². The molecule has 1 saturated heterocycles. The highest BCUT2D eigenvalue weighted by Crippen LogP contribution is 2.54. The number of carbonyl (C=O) groups excluding carboxylic acids is 2. The Bertz CT molecular complexity index is 1340. The Hall–Kier alpha value is -2.08. The molecule has 1 aromatic carbocycles. The maximum absolute atomic E-state index is 15.4. The van der Waals surface area contributed by atoms with Crippen LogP contribution in [0.2, 0.25) is 0 Å². The maximum atomic E-state index is 15.4. The molecule has 3 rings (SSSR count). The molecule has 1 aliphatic heterocycles. The zero-order chi connectivity index (χ0) is 40.6. The van der Waals surface area contributed by atoms with Crippen molar-refractivity contribution in [2.75, 3.05) is 0 Å². The van der Waals surface area contributed by atoms with E-state index in [2.05, 4.69) is 123 Å².